The average molecular weight is 423 g/mol. The first-order chi connectivity index (χ1) is 14.8. The molecule has 1 atom stereocenters. The van der Waals surface area contributed by atoms with Crippen molar-refractivity contribution in [3.63, 3.8) is 0 Å². The van der Waals surface area contributed by atoms with E-state index in [9.17, 15) is 14.4 Å². The van der Waals surface area contributed by atoms with Crippen LogP contribution in [0.15, 0.2) is 41.7 Å². The quantitative estimate of drug-likeness (QED) is 0.447. The second-order valence-electron chi connectivity index (χ2n) is 7.51. The van der Waals surface area contributed by atoms with E-state index in [2.05, 4.69) is 0 Å². The number of hydrogen-bond acceptors (Lipinski definition) is 7. The molecule has 0 saturated heterocycles. The summed E-state index contributed by atoms with van der Waals surface area (Å²) < 4.78 is 22.2. The van der Waals surface area contributed by atoms with Gasteiger partial charge in [0.25, 0.3) is 5.91 Å². The average Bonchev–Trinajstić information content (AvgIpc) is 3.08. The Morgan fingerprint density at radius 3 is 2.58 bits per heavy atom. The van der Waals surface area contributed by atoms with Crippen molar-refractivity contribution in [2.24, 2.45) is 5.73 Å². The van der Waals surface area contributed by atoms with E-state index in [4.69, 9.17) is 24.7 Å². The van der Waals surface area contributed by atoms with E-state index in [1.54, 1.807) is 44.2 Å². The molecule has 2 aliphatic heterocycles. The maximum Gasteiger partial charge on any atom is 0.312 e. The van der Waals surface area contributed by atoms with Gasteiger partial charge in [-0.1, -0.05) is 6.07 Å². The summed E-state index contributed by atoms with van der Waals surface area (Å²) in [6.45, 7) is 3.28. The number of allylic oxidation sites excluding steroid dienone is 2. The zero-order valence-corrected chi connectivity index (χ0v) is 17.3. The van der Waals surface area contributed by atoms with Crippen molar-refractivity contribution in [2.45, 2.75) is 26.2 Å². The second-order valence-corrected chi connectivity index (χ2v) is 7.51. The van der Waals surface area contributed by atoms with Crippen LogP contribution in [0.2, 0.25) is 0 Å². The van der Waals surface area contributed by atoms with E-state index in [0.29, 0.717) is 39.7 Å². The van der Waals surface area contributed by atoms with E-state index in [-0.39, 0.29) is 24.6 Å². The summed E-state index contributed by atoms with van der Waals surface area (Å²) in [6, 6.07) is 8.38. The third-order valence-corrected chi connectivity index (χ3v) is 5.17. The molecule has 2 aromatic carbocycles. The normalized spacial score (nSPS) is 16.7. The number of esters is 1. The van der Waals surface area contributed by atoms with E-state index in [1.165, 1.54) is 7.11 Å². The molecule has 4 rings (SSSR count). The van der Waals surface area contributed by atoms with Crippen LogP contribution < -0.4 is 24.7 Å². The van der Waals surface area contributed by atoms with Crippen molar-refractivity contribution in [3.8, 4) is 23.0 Å². The highest BCUT2D eigenvalue weighted by Crippen LogP contribution is 2.49. The molecular weight excluding hydrogens is 402 g/mol. The van der Waals surface area contributed by atoms with Crippen LogP contribution in [0.5, 0.6) is 23.0 Å². The first-order valence-electron chi connectivity index (χ1n) is 9.66. The summed E-state index contributed by atoms with van der Waals surface area (Å²) in [5.41, 5.74) is 7.70. The van der Waals surface area contributed by atoms with Gasteiger partial charge < -0.3 is 24.7 Å². The summed E-state index contributed by atoms with van der Waals surface area (Å²) in [6.07, 6.45) is 0.0484. The fraction of sp³-hybridized carbons (Fsp3) is 0.261. The van der Waals surface area contributed by atoms with Gasteiger partial charge in [-0.3, -0.25) is 14.4 Å². The van der Waals surface area contributed by atoms with Crippen LogP contribution in [0.4, 0.5) is 0 Å². The Balaban J connectivity index is 1.83. The molecule has 8 heteroatoms. The molecule has 2 aliphatic rings. The van der Waals surface area contributed by atoms with Gasteiger partial charge in [0.15, 0.2) is 23.9 Å². The first-order valence-corrected chi connectivity index (χ1v) is 9.66. The van der Waals surface area contributed by atoms with Crippen molar-refractivity contribution in [2.75, 3.05) is 13.7 Å². The van der Waals surface area contributed by atoms with E-state index >= 15 is 0 Å². The molecule has 0 unspecified atom stereocenters. The topological polar surface area (TPSA) is 114 Å². The molecule has 0 aliphatic carbocycles. The lowest BCUT2D eigenvalue weighted by Gasteiger charge is -2.27. The predicted octanol–water partition coefficient (Wildman–Crippen LogP) is 2.87. The lowest BCUT2D eigenvalue weighted by molar-refractivity contribution is -0.135. The molecule has 2 aromatic rings. The Morgan fingerprint density at radius 1 is 1.13 bits per heavy atom. The maximum absolute atomic E-state index is 12.7. The summed E-state index contributed by atoms with van der Waals surface area (Å²) in [5, 5.41) is 0. The molecule has 1 amide bonds. The van der Waals surface area contributed by atoms with Crippen molar-refractivity contribution >= 4 is 17.7 Å². The molecule has 2 N–H and O–H groups in total. The molecule has 0 fully saturated rings. The molecule has 2 heterocycles. The Hall–Kier alpha value is -3.81. The summed E-state index contributed by atoms with van der Waals surface area (Å²) in [5.74, 6) is 0.0711. The molecule has 0 bridgehead atoms. The van der Waals surface area contributed by atoms with Gasteiger partial charge in [0.2, 0.25) is 5.78 Å². The first kappa shape index (κ1) is 20.5. The molecule has 8 nitrogen and oxygen atoms in total. The van der Waals surface area contributed by atoms with Crippen LogP contribution >= 0.6 is 0 Å². The standard InChI is InChI=1S/C23H21NO7/c1-11(2)22-21(27)13-5-7-16-20(23(13)31-22)14(9-19(26)30-16)12-4-6-15(28-3)17(8-12)29-10-18(24)25/h4-8,14H,9-10H2,1-3H3,(H2,24,25)/t14-/m1/s1. The van der Waals surface area contributed by atoms with Crippen LogP contribution in [-0.4, -0.2) is 31.4 Å². The molecular formula is C23H21NO7. The van der Waals surface area contributed by atoms with E-state index in [1.807, 2.05) is 0 Å². The minimum Gasteiger partial charge on any atom is -0.493 e. The lowest BCUT2D eigenvalue weighted by Crippen LogP contribution is -2.22. The Morgan fingerprint density at radius 2 is 1.90 bits per heavy atom. The lowest BCUT2D eigenvalue weighted by atomic mass is 9.84. The molecule has 0 aromatic heterocycles. The zero-order valence-electron chi connectivity index (χ0n) is 17.3. The molecule has 0 radical (unpaired) electrons. The van der Waals surface area contributed by atoms with Crippen LogP contribution in [-0.2, 0) is 9.59 Å². The zero-order chi connectivity index (χ0) is 22.3. The van der Waals surface area contributed by atoms with E-state index in [0.717, 1.165) is 5.57 Å². The van der Waals surface area contributed by atoms with Gasteiger partial charge in [-0.05, 0) is 49.2 Å². The fourth-order valence-electron chi connectivity index (χ4n) is 3.78. The van der Waals surface area contributed by atoms with Crippen LogP contribution in [0.1, 0.15) is 47.7 Å². The predicted molar refractivity (Wildman–Crippen MR) is 110 cm³/mol. The number of amides is 1. The molecule has 0 saturated carbocycles. The fourth-order valence-corrected chi connectivity index (χ4v) is 3.78. The minimum absolute atomic E-state index is 0.0484. The second kappa shape index (κ2) is 7.79. The van der Waals surface area contributed by atoms with Gasteiger partial charge in [-0.2, -0.15) is 0 Å². The number of hydrogen-bond donors (Lipinski definition) is 1. The number of rotatable bonds is 5. The largest absolute Gasteiger partial charge is 0.493 e. The third-order valence-electron chi connectivity index (χ3n) is 5.17. The Kier molecular flexibility index (Phi) is 5.14. The smallest absolute Gasteiger partial charge is 0.312 e. The number of ketones is 1. The number of ether oxygens (including phenoxy) is 4. The SMILES string of the molecule is COc1ccc([C@H]2CC(=O)Oc3ccc4c(c32)OC(=C(C)C)C4=O)cc1OCC(N)=O. The Labute approximate surface area is 178 Å². The molecule has 0 spiro atoms. The summed E-state index contributed by atoms with van der Waals surface area (Å²) >= 11 is 0. The number of benzene rings is 2. The highest BCUT2D eigenvalue weighted by Gasteiger charge is 2.39. The number of methoxy groups -OCH3 is 1. The van der Waals surface area contributed by atoms with Crippen molar-refractivity contribution in [3.05, 3.63) is 58.4 Å². The number of primary amides is 1. The van der Waals surface area contributed by atoms with Crippen LogP contribution in [0, 0.1) is 0 Å². The van der Waals surface area contributed by atoms with Crippen LogP contribution in [0.3, 0.4) is 0 Å². The number of carbonyl (C=O) groups excluding carboxylic acids is 3. The highest BCUT2D eigenvalue weighted by molar-refractivity contribution is 6.13. The van der Waals surface area contributed by atoms with Gasteiger partial charge in [-0.25, -0.2) is 0 Å². The number of carbonyl (C=O) groups is 3. The van der Waals surface area contributed by atoms with Gasteiger partial charge in [0.05, 0.1) is 19.1 Å². The maximum atomic E-state index is 12.7. The Bertz CT molecular complexity index is 1140. The van der Waals surface area contributed by atoms with Crippen molar-refractivity contribution < 1.29 is 33.3 Å². The monoisotopic (exact) mass is 423 g/mol. The molecule has 160 valence electrons. The van der Waals surface area contributed by atoms with Gasteiger partial charge in [0.1, 0.15) is 11.5 Å². The number of fused-ring (bicyclic) bond motifs is 3. The van der Waals surface area contributed by atoms with Crippen molar-refractivity contribution in [1.29, 1.82) is 0 Å². The van der Waals surface area contributed by atoms with E-state index < -0.39 is 17.8 Å². The summed E-state index contributed by atoms with van der Waals surface area (Å²) in [7, 11) is 1.48. The molecule has 31 heavy (non-hydrogen) atoms. The van der Waals surface area contributed by atoms with Crippen LogP contribution in [0.25, 0.3) is 0 Å². The minimum atomic E-state index is -0.627. The highest BCUT2D eigenvalue weighted by atomic mass is 16.5. The third kappa shape index (κ3) is 3.61. The summed E-state index contributed by atoms with van der Waals surface area (Å²) in [4.78, 5) is 36.2. The van der Waals surface area contributed by atoms with Gasteiger partial charge in [-0.15, -0.1) is 0 Å². The number of Topliss-reactive ketones (excluding diaryl/α,β-unsaturated/α-hetero) is 1. The van der Waals surface area contributed by atoms with Crippen molar-refractivity contribution in [1.82, 2.24) is 0 Å². The van der Waals surface area contributed by atoms with Gasteiger partial charge in [0, 0.05) is 11.5 Å². The van der Waals surface area contributed by atoms with Gasteiger partial charge >= 0.3 is 5.97 Å². The number of nitrogens with two attached hydrogens (primary N) is 1.